The van der Waals surface area contributed by atoms with Crippen LogP contribution in [-0.2, 0) is 0 Å². The van der Waals surface area contributed by atoms with Crippen molar-refractivity contribution >= 4 is 22.5 Å². The molecule has 4 rings (SSSR count). The number of imidazole rings is 1. The highest BCUT2D eigenvalue weighted by atomic mass is 15.3. The Labute approximate surface area is 154 Å². The molecule has 0 spiro atoms. The number of para-hydroxylation sites is 2. The minimum Gasteiger partial charge on any atom is -0.355 e. The molecule has 1 saturated heterocycles. The van der Waals surface area contributed by atoms with Gasteiger partial charge in [0.2, 0.25) is 0 Å². The van der Waals surface area contributed by atoms with Gasteiger partial charge in [-0.15, -0.1) is 0 Å². The quantitative estimate of drug-likeness (QED) is 0.711. The summed E-state index contributed by atoms with van der Waals surface area (Å²) < 4.78 is 2.22. The minimum absolute atomic E-state index is 0.335. The molecule has 1 aliphatic rings. The molecule has 5 heteroatoms. The first-order chi connectivity index (χ1) is 12.5. The average molecular weight is 347 g/mol. The number of aromatic nitrogens is 2. The molecular formula is C21H25N5. The lowest BCUT2D eigenvalue weighted by Crippen LogP contribution is -2.45. The SMILES string of the molecule is Cc1c(C(C)C)c(N2CCN(C)CC2)n2c(nc3ccccc32)c1C#N. The molecule has 0 aliphatic carbocycles. The largest absolute Gasteiger partial charge is 0.355 e. The Morgan fingerprint density at radius 3 is 2.46 bits per heavy atom. The van der Waals surface area contributed by atoms with Gasteiger partial charge in [-0.05, 0) is 37.6 Å². The number of likely N-dealkylation sites (N-methyl/N-ethyl adjacent to an activating group) is 1. The Kier molecular flexibility index (Phi) is 4.08. The van der Waals surface area contributed by atoms with Crippen LogP contribution in [0.1, 0.15) is 36.5 Å². The Morgan fingerprint density at radius 1 is 1.12 bits per heavy atom. The second-order valence-electron chi connectivity index (χ2n) is 7.55. The maximum Gasteiger partial charge on any atom is 0.157 e. The Hall–Kier alpha value is -2.58. The van der Waals surface area contributed by atoms with Crippen molar-refractivity contribution in [3.8, 4) is 6.07 Å². The molecule has 1 aliphatic heterocycles. The lowest BCUT2D eigenvalue weighted by molar-refractivity contribution is 0.311. The molecule has 0 amide bonds. The van der Waals surface area contributed by atoms with Crippen molar-refractivity contribution in [3.05, 3.63) is 41.0 Å². The summed E-state index contributed by atoms with van der Waals surface area (Å²) in [6.45, 7) is 10.6. The number of piperazine rings is 1. The number of hydrogen-bond acceptors (Lipinski definition) is 4. The van der Waals surface area contributed by atoms with Crippen LogP contribution in [0.25, 0.3) is 16.7 Å². The standard InChI is InChI=1S/C21H25N5/c1-14(2)19-15(3)16(13-22)20-23-17-7-5-6-8-18(17)26(20)21(19)25-11-9-24(4)10-12-25/h5-8,14H,9-12H2,1-4H3. The molecule has 26 heavy (non-hydrogen) atoms. The number of rotatable bonds is 2. The van der Waals surface area contributed by atoms with Crippen LogP contribution in [0.5, 0.6) is 0 Å². The summed E-state index contributed by atoms with van der Waals surface area (Å²) in [5, 5.41) is 9.86. The van der Waals surface area contributed by atoms with E-state index in [1.54, 1.807) is 0 Å². The van der Waals surface area contributed by atoms with Crippen molar-refractivity contribution in [1.82, 2.24) is 14.3 Å². The van der Waals surface area contributed by atoms with E-state index in [4.69, 9.17) is 4.98 Å². The van der Waals surface area contributed by atoms with Crippen molar-refractivity contribution in [2.45, 2.75) is 26.7 Å². The molecule has 5 nitrogen and oxygen atoms in total. The molecule has 3 aromatic rings. The van der Waals surface area contributed by atoms with Gasteiger partial charge in [-0.25, -0.2) is 4.98 Å². The van der Waals surface area contributed by atoms with Crippen molar-refractivity contribution in [1.29, 1.82) is 5.26 Å². The third kappa shape index (κ3) is 2.45. The molecule has 3 heterocycles. The lowest BCUT2D eigenvalue weighted by Gasteiger charge is -2.36. The smallest absolute Gasteiger partial charge is 0.157 e. The second kappa shape index (κ2) is 6.30. The monoisotopic (exact) mass is 347 g/mol. The number of fused-ring (bicyclic) bond motifs is 3. The number of anilines is 1. The highest BCUT2D eigenvalue weighted by Gasteiger charge is 2.27. The first kappa shape index (κ1) is 16.9. The van der Waals surface area contributed by atoms with E-state index in [1.165, 1.54) is 11.4 Å². The van der Waals surface area contributed by atoms with Gasteiger partial charge >= 0.3 is 0 Å². The van der Waals surface area contributed by atoms with Crippen LogP contribution in [0.3, 0.4) is 0 Å². The fourth-order valence-corrected chi connectivity index (χ4v) is 4.15. The number of nitrogens with zero attached hydrogens (tertiary/aromatic N) is 5. The van der Waals surface area contributed by atoms with Crippen molar-refractivity contribution in [3.63, 3.8) is 0 Å². The fourth-order valence-electron chi connectivity index (χ4n) is 4.15. The van der Waals surface area contributed by atoms with Crippen molar-refractivity contribution < 1.29 is 0 Å². The summed E-state index contributed by atoms with van der Waals surface area (Å²) in [4.78, 5) is 9.66. The van der Waals surface area contributed by atoms with Crippen LogP contribution < -0.4 is 4.90 Å². The van der Waals surface area contributed by atoms with E-state index in [-0.39, 0.29) is 0 Å². The third-order valence-electron chi connectivity index (χ3n) is 5.51. The molecule has 0 bridgehead atoms. The van der Waals surface area contributed by atoms with E-state index in [0.29, 0.717) is 11.5 Å². The first-order valence-corrected chi connectivity index (χ1v) is 9.30. The summed E-state index contributed by atoms with van der Waals surface area (Å²) in [7, 11) is 2.17. The van der Waals surface area contributed by atoms with E-state index < -0.39 is 0 Å². The average Bonchev–Trinajstić information content (AvgIpc) is 3.00. The van der Waals surface area contributed by atoms with E-state index in [2.05, 4.69) is 54.2 Å². The predicted octanol–water partition coefficient (Wildman–Crippen LogP) is 3.54. The third-order valence-corrected chi connectivity index (χ3v) is 5.51. The summed E-state index contributed by atoms with van der Waals surface area (Å²) in [6.07, 6.45) is 0. The zero-order chi connectivity index (χ0) is 18.4. The van der Waals surface area contributed by atoms with Gasteiger partial charge < -0.3 is 9.80 Å². The van der Waals surface area contributed by atoms with E-state index in [0.717, 1.165) is 48.4 Å². The summed E-state index contributed by atoms with van der Waals surface area (Å²) in [5.74, 6) is 1.55. The van der Waals surface area contributed by atoms with Gasteiger partial charge in [-0.2, -0.15) is 5.26 Å². The number of hydrogen-bond donors (Lipinski definition) is 0. The molecule has 0 saturated carbocycles. The van der Waals surface area contributed by atoms with Crippen LogP contribution in [0.4, 0.5) is 5.82 Å². The van der Waals surface area contributed by atoms with Crippen LogP contribution >= 0.6 is 0 Å². The maximum absolute atomic E-state index is 9.86. The first-order valence-electron chi connectivity index (χ1n) is 9.30. The van der Waals surface area contributed by atoms with E-state index in [1.807, 2.05) is 18.2 Å². The maximum atomic E-state index is 9.86. The summed E-state index contributed by atoms with van der Waals surface area (Å²) >= 11 is 0. The highest BCUT2D eigenvalue weighted by molar-refractivity contribution is 5.86. The zero-order valence-electron chi connectivity index (χ0n) is 16.0. The fraction of sp³-hybridized carbons (Fsp3) is 0.429. The molecule has 2 aromatic heterocycles. The summed E-state index contributed by atoms with van der Waals surface area (Å²) in [5.41, 5.74) is 5.84. The molecule has 0 atom stereocenters. The van der Waals surface area contributed by atoms with Crippen molar-refractivity contribution in [2.75, 3.05) is 38.1 Å². The van der Waals surface area contributed by atoms with E-state index >= 15 is 0 Å². The van der Waals surface area contributed by atoms with Gasteiger partial charge in [0.1, 0.15) is 11.9 Å². The van der Waals surface area contributed by atoms with Crippen LogP contribution in [-0.4, -0.2) is 47.5 Å². The lowest BCUT2D eigenvalue weighted by atomic mass is 9.94. The number of benzene rings is 1. The molecule has 0 unspecified atom stereocenters. The van der Waals surface area contributed by atoms with Crippen molar-refractivity contribution in [2.24, 2.45) is 0 Å². The van der Waals surface area contributed by atoms with Gasteiger partial charge in [0, 0.05) is 31.7 Å². The molecule has 0 N–H and O–H groups in total. The Balaban J connectivity index is 2.13. The number of nitriles is 1. The van der Waals surface area contributed by atoms with Gasteiger partial charge in [-0.3, -0.25) is 4.40 Å². The molecular weight excluding hydrogens is 322 g/mol. The Bertz CT molecular complexity index is 1020. The minimum atomic E-state index is 0.335. The molecule has 1 fully saturated rings. The van der Waals surface area contributed by atoms with Crippen LogP contribution in [0, 0.1) is 18.3 Å². The van der Waals surface area contributed by atoms with Crippen LogP contribution in [0.15, 0.2) is 24.3 Å². The van der Waals surface area contributed by atoms with Gasteiger partial charge in [0.05, 0.1) is 16.6 Å². The zero-order valence-corrected chi connectivity index (χ0v) is 16.0. The number of pyridine rings is 1. The second-order valence-corrected chi connectivity index (χ2v) is 7.55. The highest BCUT2D eigenvalue weighted by Crippen LogP contribution is 2.37. The molecule has 134 valence electrons. The molecule has 1 aromatic carbocycles. The normalized spacial score (nSPS) is 15.9. The van der Waals surface area contributed by atoms with E-state index in [9.17, 15) is 5.26 Å². The Morgan fingerprint density at radius 2 is 1.81 bits per heavy atom. The van der Waals surface area contributed by atoms with Gasteiger partial charge in [-0.1, -0.05) is 26.0 Å². The summed E-state index contributed by atoms with van der Waals surface area (Å²) in [6, 6.07) is 10.6. The van der Waals surface area contributed by atoms with Gasteiger partial charge in [0.25, 0.3) is 0 Å². The topological polar surface area (TPSA) is 47.6 Å². The van der Waals surface area contributed by atoms with Gasteiger partial charge in [0.15, 0.2) is 5.65 Å². The predicted molar refractivity (Wildman–Crippen MR) is 106 cm³/mol. The molecule has 0 radical (unpaired) electrons. The van der Waals surface area contributed by atoms with Crippen LogP contribution in [0.2, 0.25) is 0 Å².